The molecule has 0 aliphatic rings. The van der Waals surface area contributed by atoms with Crippen LogP contribution in [0.5, 0.6) is 0 Å². The van der Waals surface area contributed by atoms with Gasteiger partial charge in [0.15, 0.2) is 5.96 Å². The second kappa shape index (κ2) is 8.10. The molecule has 5 nitrogen and oxygen atoms in total. The van der Waals surface area contributed by atoms with Gasteiger partial charge in [0.05, 0.1) is 6.04 Å². The number of hydrogen-bond donors (Lipinski definition) is 4. The van der Waals surface area contributed by atoms with Gasteiger partial charge in [0.2, 0.25) is 0 Å². The van der Waals surface area contributed by atoms with Crippen molar-refractivity contribution in [3.8, 4) is 0 Å². The highest BCUT2D eigenvalue weighted by Gasteiger charge is 2.13. The molecule has 0 spiro atoms. The van der Waals surface area contributed by atoms with Gasteiger partial charge in [0.25, 0.3) is 0 Å². The minimum Gasteiger partial charge on any atom is -0.370 e. The van der Waals surface area contributed by atoms with Crippen LogP contribution in [0.25, 0.3) is 0 Å². The fourth-order valence-electron chi connectivity index (χ4n) is 1.27. The number of aldehydes is 1. The Bertz CT molecular complexity index is 218. The fourth-order valence-corrected chi connectivity index (χ4v) is 1.27. The summed E-state index contributed by atoms with van der Waals surface area (Å²) < 4.78 is 0. The zero-order valence-electron chi connectivity index (χ0n) is 10.4. The number of rotatable bonds is 8. The van der Waals surface area contributed by atoms with Crippen LogP contribution < -0.4 is 16.4 Å². The maximum Gasteiger partial charge on any atom is 0.185 e. The van der Waals surface area contributed by atoms with Crippen molar-refractivity contribution in [3.05, 3.63) is 0 Å². The molecule has 0 saturated carbocycles. The smallest absolute Gasteiger partial charge is 0.185 e. The van der Waals surface area contributed by atoms with Crippen molar-refractivity contribution in [2.75, 3.05) is 6.54 Å². The average molecular weight is 228 g/mol. The van der Waals surface area contributed by atoms with Gasteiger partial charge in [-0.1, -0.05) is 13.8 Å². The zero-order valence-corrected chi connectivity index (χ0v) is 10.4. The van der Waals surface area contributed by atoms with Crippen LogP contribution in [0.15, 0.2) is 0 Å². The first-order chi connectivity index (χ1) is 7.47. The van der Waals surface area contributed by atoms with E-state index in [2.05, 4.69) is 31.4 Å². The van der Waals surface area contributed by atoms with E-state index in [9.17, 15) is 4.79 Å². The minimum atomic E-state index is -0.105. The third-order valence-electron chi connectivity index (χ3n) is 2.65. The van der Waals surface area contributed by atoms with E-state index in [1.54, 1.807) is 0 Å². The number of guanidine groups is 1. The summed E-state index contributed by atoms with van der Waals surface area (Å²) in [7, 11) is 0. The lowest BCUT2D eigenvalue weighted by Gasteiger charge is -2.22. The Kier molecular flexibility index (Phi) is 7.54. The van der Waals surface area contributed by atoms with E-state index < -0.39 is 0 Å². The van der Waals surface area contributed by atoms with Crippen molar-refractivity contribution in [2.24, 2.45) is 11.7 Å². The molecule has 94 valence electrons. The molecular formula is C11H24N4O. The monoisotopic (exact) mass is 228 g/mol. The predicted octanol–water partition coefficient (Wildman–Crippen LogP) is 0.451. The van der Waals surface area contributed by atoms with E-state index in [4.69, 9.17) is 11.1 Å². The van der Waals surface area contributed by atoms with Crippen LogP contribution in [0.4, 0.5) is 0 Å². The molecule has 0 amide bonds. The molecule has 0 radical (unpaired) electrons. The molecule has 2 atom stereocenters. The van der Waals surface area contributed by atoms with Gasteiger partial charge in [-0.25, -0.2) is 0 Å². The van der Waals surface area contributed by atoms with Gasteiger partial charge >= 0.3 is 0 Å². The van der Waals surface area contributed by atoms with Gasteiger partial charge in [0, 0.05) is 12.6 Å². The summed E-state index contributed by atoms with van der Waals surface area (Å²) in [4.78, 5) is 10.8. The Morgan fingerprint density at radius 3 is 2.50 bits per heavy atom. The second-order valence-electron chi connectivity index (χ2n) is 4.42. The predicted molar refractivity (Wildman–Crippen MR) is 66.4 cm³/mol. The molecule has 5 N–H and O–H groups in total. The Balaban J connectivity index is 3.75. The largest absolute Gasteiger partial charge is 0.370 e. The minimum absolute atomic E-state index is 0.0221. The van der Waals surface area contributed by atoms with Crippen LogP contribution in [0, 0.1) is 11.3 Å². The maximum absolute atomic E-state index is 10.8. The lowest BCUT2D eigenvalue weighted by Crippen LogP contribution is -2.41. The van der Waals surface area contributed by atoms with Crippen molar-refractivity contribution in [3.63, 3.8) is 0 Å². The van der Waals surface area contributed by atoms with Gasteiger partial charge in [0.1, 0.15) is 6.29 Å². The SMILES string of the molecule is CC(C)C(C)N[C@H](C=O)CCCNC(=N)N. The van der Waals surface area contributed by atoms with E-state index in [1.165, 1.54) is 0 Å². The van der Waals surface area contributed by atoms with Crippen molar-refractivity contribution < 1.29 is 4.79 Å². The summed E-state index contributed by atoms with van der Waals surface area (Å²) in [6.45, 7) is 6.96. The van der Waals surface area contributed by atoms with Crippen LogP contribution in [-0.4, -0.2) is 30.9 Å². The molecule has 0 saturated heterocycles. The first-order valence-electron chi connectivity index (χ1n) is 5.76. The van der Waals surface area contributed by atoms with Crippen molar-refractivity contribution >= 4 is 12.2 Å². The molecule has 0 aromatic heterocycles. The normalized spacial score (nSPS) is 14.5. The van der Waals surface area contributed by atoms with Gasteiger partial charge in [-0.3, -0.25) is 5.41 Å². The van der Waals surface area contributed by atoms with E-state index in [0.717, 1.165) is 19.1 Å². The Morgan fingerprint density at radius 2 is 2.06 bits per heavy atom. The van der Waals surface area contributed by atoms with Crippen LogP contribution in [0.2, 0.25) is 0 Å². The highest BCUT2D eigenvalue weighted by Crippen LogP contribution is 2.03. The summed E-state index contributed by atoms with van der Waals surface area (Å²) in [5, 5.41) is 13.0. The molecule has 1 unspecified atom stereocenters. The fraction of sp³-hybridized carbons (Fsp3) is 0.818. The molecule has 0 aliphatic carbocycles. The second-order valence-corrected chi connectivity index (χ2v) is 4.42. The molecule has 0 aromatic rings. The standard InChI is InChI=1S/C11H24N4O/c1-8(2)9(3)15-10(7-16)5-4-6-14-11(12)13/h7-10,15H,4-6H2,1-3H3,(H4,12,13,14)/t9?,10-/m0/s1. The molecular weight excluding hydrogens is 204 g/mol. The summed E-state index contributed by atoms with van der Waals surface area (Å²) in [5.74, 6) is 0.490. The molecule has 0 heterocycles. The Labute approximate surface area is 97.7 Å². The topological polar surface area (TPSA) is 91.0 Å². The number of nitrogens with two attached hydrogens (primary N) is 1. The summed E-state index contributed by atoms with van der Waals surface area (Å²) in [6.07, 6.45) is 2.54. The van der Waals surface area contributed by atoms with Crippen molar-refractivity contribution in [2.45, 2.75) is 45.7 Å². The van der Waals surface area contributed by atoms with E-state index >= 15 is 0 Å². The van der Waals surface area contributed by atoms with Crippen molar-refractivity contribution in [1.29, 1.82) is 5.41 Å². The van der Waals surface area contributed by atoms with Crippen LogP contribution >= 0.6 is 0 Å². The summed E-state index contributed by atoms with van der Waals surface area (Å²) in [5.41, 5.74) is 5.15. The van der Waals surface area contributed by atoms with Gasteiger partial charge < -0.3 is 21.2 Å². The Hall–Kier alpha value is -1.10. The average Bonchev–Trinajstić information content (AvgIpc) is 2.21. The lowest BCUT2D eigenvalue weighted by molar-refractivity contribution is -0.110. The molecule has 0 aromatic carbocycles. The number of hydrogen-bond acceptors (Lipinski definition) is 3. The third-order valence-corrected chi connectivity index (χ3v) is 2.65. The molecule has 16 heavy (non-hydrogen) atoms. The first-order valence-corrected chi connectivity index (χ1v) is 5.76. The highest BCUT2D eigenvalue weighted by molar-refractivity contribution is 5.74. The number of carbonyl (C=O) groups excluding carboxylic acids is 1. The van der Waals surface area contributed by atoms with Crippen LogP contribution in [-0.2, 0) is 4.79 Å². The van der Waals surface area contributed by atoms with E-state index in [1.807, 2.05) is 0 Å². The molecule has 5 heteroatoms. The lowest BCUT2D eigenvalue weighted by atomic mass is 10.0. The number of nitrogens with one attached hydrogen (secondary N) is 3. The molecule has 0 rings (SSSR count). The van der Waals surface area contributed by atoms with Crippen LogP contribution in [0.1, 0.15) is 33.6 Å². The number of carbonyl (C=O) groups is 1. The maximum atomic E-state index is 10.8. The first kappa shape index (κ1) is 14.9. The van der Waals surface area contributed by atoms with E-state index in [0.29, 0.717) is 18.5 Å². The zero-order chi connectivity index (χ0) is 12.6. The van der Waals surface area contributed by atoms with E-state index in [-0.39, 0.29) is 12.0 Å². The van der Waals surface area contributed by atoms with Crippen LogP contribution in [0.3, 0.4) is 0 Å². The summed E-state index contributed by atoms with van der Waals surface area (Å²) >= 11 is 0. The van der Waals surface area contributed by atoms with Gasteiger partial charge in [-0.15, -0.1) is 0 Å². The van der Waals surface area contributed by atoms with Gasteiger partial charge in [-0.2, -0.15) is 0 Å². The third kappa shape index (κ3) is 7.23. The molecule has 0 fully saturated rings. The Morgan fingerprint density at radius 1 is 1.44 bits per heavy atom. The highest BCUT2D eigenvalue weighted by atomic mass is 16.1. The quantitative estimate of drug-likeness (QED) is 0.210. The molecule has 0 bridgehead atoms. The van der Waals surface area contributed by atoms with Gasteiger partial charge in [-0.05, 0) is 25.7 Å². The molecule has 0 aliphatic heterocycles. The summed E-state index contributed by atoms with van der Waals surface area (Å²) in [6, 6.07) is 0.224. The van der Waals surface area contributed by atoms with Crippen molar-refractivity contribution in [1.82, 2.24) is 10.6 Å².